The number of ether oxygens (including phenoxy) is 2. The summed E-state index contributed by atoms with van der Waals surface area (Å²) in [6.45, 7) is 0.818. The number of fused-ring (bicyclic) bond motifs is 1. The van der Waals surface area contributed by atoms with Gasteiger partial charge in [0.2, 0.25) is 10.0 Å². The van der Waals surface area contributed by atoms with Crippen molar-refractivity contribution in [1.82, 2.24) is 0 Å². The van der Waals surface area contributed by atoms with E-state index < -0.39 is 24.9 Å². The molecule has 1 N–H and O–H groups in total. The van der Waals surface area contributed by atoms with E-state index in [-0.39, 0.29) is 5.69 Å². The molecule has 1 aliphatic rings. The average Bonchev–Trinajstić information content (AvgIpc) is 2.24. The van der Waals surface area contributed by atoms with Crippen molar-refractivity contribution in [3.05, 3.63) is 18.2 Å². The van der Waals surface area contributed by atoms with Crippen LogP contribution in [0.1, 0.15) is 0 Å². The van der Waals surface area contributed by atoms with E-state index >= 15 is 0 Å². The Bertz CT molecular complexity index is 680. The van der Waals surface area contributed by atoms with Gasteiger partial charge in [-0.2, -0.15) is 0 Å². The Hall–Kier alpha value is -1.48. The molecule has 0 fully saturated rings. The number of hydrogen-bond donors (Lipinski definition) is 1. The summed E-state index contributed by atoms with van der Waals surface area (Å²) in [7, 11) is -7.58. The molecule has 0 saturated heterocycles. The third kappa shape index (κ3) is 4.00. The van der Waals surface area contributed by atoms with Crippen LogP contribution in [0.15, 0.2) is 18.2 Å². The van der Waals surface area contributed by atoms with E-state index in [0.717, 1.165) is 6.26 Å². The lowest BCUT2D eigenvalue weighted by molar-refractivity contribution is 0.171. The summed E-state index contributed by atoms with van der Waals surface area (Å²) in [6.07, 6.45) is 0.857. The maximum Gasteiger partial charge on any atom is 0.247 e. The summed E-state index contributed by atoms with van der Waals surface area (Å²) >= 11 is 0. The zero-order chi connectivity index (χ0) is 14.1. The second-order valence-electron chi connectivity index (χ2n) is 4.12. The van der Waals surface area contributed by atoms with Crippen LogP contribution < -0.4 is 14.2 Å². The van der Waals surface area contributed by atoms with Crippen molar-refractivity contribution in [2.45, 2.75) is 0 Å². The van der Waals surface area contributed by atoms with Crippen molar-refractivity contribution in [3.63, 3.8) is 0 Å². The van der Waals surface area contributed by atoms with Gasteiger partial charge in [-0.15, -0.1) is 0 Å². The highest BCUT2D eigenvalue weighted by molar-refractivity contribution is 8.08. The topological polar surface area (TPSA) is 98.8 Å². The highest BCUT2D eigenvalue weighted by Gasteiger charge is 2.19. The zero-order valence-corrected chi connectivity index (χ0v) is 11.8. The Balaban J connectivity index is 2.20. The van der Waals surface area contributed by atoms with Gasteiger partial charge >= 0.3 is 0 Å². The van der Waals surface area contributed by atoms with E-state index in [1.165, 1.54) is 12.1 Å². The summed E-state index contributed by atoms with van der Waals surface area (Å²) < 4.78 is 58.0. The summed E-state index contributed by atoms with van der Waals surface area (Å²) in [5.41, 5.74) is 0.230. The first-order valence-corrected chi connectivity index (χ1v) is 9.04. The van der Waals surface area contributed by atoms with Crippen LogP contribution in [0.5, 0.6) is 11.5 Å². The Morgan fingerprint density at radius 2 is 1.74 bits per heavy atom. The molecule has 0 bridgehead atoms. The molecule has 0 aromatic heterocycles. The molecule has 0 unspecified atom stereocenters. The molecule has 0 radical (unpaired) electrons. The summed E-state index contributed by atoms with van der Waals surface area (Å²) in [4.78, 5) is 0. The summed E-state index contributed by atoms with van der Waals surface area (Å²) in [5.74, 6) is 0.947. The van der Waals surface area contributed by atoms with Crippen LogP contribution in [0.2, 0.25) is 0 Å². The van der Waals surface area contributed by atoms with E-state index in [0.29, 0.717) is 24.7 Å². The van der Waals surface area contributed by atoms with Gasteiger partial charge in [-0.25, -0.2) is 16.8 Å². The maximum atomic E-state index is 11.6. The molecule has 2 rings (SSSR count). The normalized spacial score (nSPS) is 15.0. The molecule has 1 aliphatic heterocycles. The molecule has 1 aromatic carbocycles. The molecule has 9 heteroatoms. The maximum absolute atomic E-state index is 11.6. The molecule has 1 aromatic rings. The van der Waals surface area contributed by atoms with E-state index in [1.54, 1.807) is 6.07 Å². The quantitative estimate of drug-likeness (QED) is 0.853. The molecule has 0 saturated carbocycles. The predicted molar refractivity (Wildman–Crippen MR) is 69.7 cm³/mol. The lowest BCUT2D eigenvalue weighted by Crippen LogP contribution is -2.22. The average molecular weight is 307 g/mol. The van der Waals surface area contributed by atoms with Gasteiger partial charge in [-0.05, 0) is 12.1 Å². The van der Waals surface area contributed by atoms with Gasteiger partial charge in [0.25, 0.3) is 0 Å². The monoisotopic (exact) mass is 307 g/mol. The molecule has 0 atom stereocenters. The summed E-state index contributed by atoms with van der Waals surface area (Å²) in [5, 5.41) is -0.964. The molecule has 106 valence electrons. The van der Waals surface area contributed by atoms with Crippen LogP contribution in [0.25, 0.3) is 0 Å². The number of rotatable bonds is 4. The number of sulfonamides is 1. The van der Waals surface area contributed by atoms with Gasteiger partial charge in [0.1, 0.15) is 13.2 Å². The van der Waals surface area contributed by atoms with Gasteiger partial charge in [-0.1, -0.05) is 0 Å². The van der Waals surface area contributed by atoms with Gasteiger partial charge < -0.3 is 9.47 Å². The molecular formula is C10H13NO6S2. The van der Waals surface area contributed by atoms with Crippen molar-refractivity contribution in [2.24, 2.45) is 0 Å². The Morgan fingerprint density at radius 1 is 1.11 bits per heavy atom. The first kappa shape index (κ1) is 13.9. The molecule has 19 heavy (non-hydrogen) atoms. The highest BCUT2D eigenvalue weighted by atomic mass is 32.3. The smallest absolute Gasteiger partial charge is 0.247 e. The molecule has 0 aliphatic carbocycles. The fourth-order valence-corrected chi connectivity index (χ4v) is 4.57. The van der Waals surface area contributed by atoms with E-state index in [2.05, 4.69) is 4.72 Å². The van der Waals surface area contributed by atoms with Crippen molar-refractivity contribution >= 4 is 25.5 Å². The van der Waals surface area contributed by atoms with Gasteiger partial charge in [0, 0.05) is 12.3 Å². The first-order valence-electron chi connectivity index (χ1n) is 5.33. The lowest BCUT2D eigenvalue weighted by Gasteiger charge is -2.19. The van der Waals surface area contributed by atoms with Crippen molar-refractivity contribution < 1.29 is 26.3 Å². The molecular weight excluding hydrogens is 294 g/mol. The van der Waals surface area contributed by atoms with E-state index in [1.807, 2.05) is 0 Å². The number of benzene rings is 1. The second-order valence-corrected chi connectivity index (χ2v) is 8.35. The largest absolute Gasteiger partial charge is 0.486 e. The van der Waals surface area contributed by atoms with Gasteiger partial charge in [0.05, 0.1) is 5.69 Å². The third-order valence-electron chi connectivity index (χ3n) is 2.18. The van der Waals surface area contributed by atoms with Gasteiger partial charge in [-0.3, -0.25) is 4.72 Å². The molecule has 0 amide bonds. The van der Waals surface area contributed by atoms with Crippen LogP contribution in [-0.2, 0) is 19.9 Å². The van der Waals surface area contributed by atoms with E-state index in [4.69, 9.17) is 9.47 Å². The third-order valence-corrected chi connectivity index (χ3v) is 5.69. The lowest BCUT2D eigenvalue weighted by atomic mass is 10.3. The number of nitrogens with one attached hydrogen (secondary N) is 1. The van der Waals surface area contributed by atoms with Gasteiger partial charge in [0.15, 0.2) is 26.4 Å². The van der Waals surface area contributed by atoms with Crippen LogP contribution in [0.3, 0.4) is 0 Å². The fourth-order valence-electron chi connectivity index (χ4n) is 1.60. The Morgan fingerprint density at radius 3 is 2.37 bits per heavy atom. The van der Waals surface area contributed by atoms with Crippen LogP contribution >= 0.6 is 0 Å². The van der Waals surface area contributed by atoms with Crippen molar-refractivity contribution in [1.29, 1.82) is 0 Å². The predicted octanol–water partition coefficient (Wildman–Crippen LogP) is 0.202. The molecule has 7 nitrogen and oxygen atoms in total. The minimum Gasteiger partial charge on any atom is -0.486 e. The highest BCUT2D eigenvalue weighted by Crippen LogP contribution is 2.32. The number of sulfone groups is 1. The summed E-state index contributed by atoms with van der Waals surface area (Å²) in [6, 6.07) is 4.49. The molecule has 0 spiro atoms. The molecule has 1 heterocycles. The fraction of sp³-hybridized carbons (Fsp3) is 0.400. The standard InChI is InChI=1S/C10H13NO6S2/c1-18(12,13)7-19(14,15)11-8-2-3-9-10(6-8)17-5-4-16-9/h2-3,6,11H,4-5,7H2,1H3. The van der Waals surface area contributed by atoms with Crippen LogP contribution in [0, 0.1) is 0 Å². The van der Waals surface area contributed by atoms with Crippen molar-refractivity contribution in [2.75, 3.05) is 29.3 Å². The Kier molecular flexibility index (Phi) is 3.59. The number of anilines is 1. The Labute approximate surface area is 111 Å². The number of hydrogen-bond acceptors (Lipinski definition) is 6. The van der Waals surface area contributed by atoms with E-state index in [9.17, 15) is 16.8 Å². The van der Waals surface area contributed by atoms with Crippen LogP contribution in [-0.4, -0.2) is 41.4 Å². The zero-order valence-electron chi connectivity index (χ0n) is 10.1. The second kappa shape index (κ2) is 4.89. The van der Waals surface area contributed by atoms with Crippen molar-refractivity contribution in [3.8, 4) is 11.5 Å². The van der Waals surface area contributed by atoms with Crippen LogP contribution in [0.4, 0.5) is 5.69 Å². The first-order chi connectivity index (χ1) is 8.75. The minimum absolute atomic E-state index is 0.230. The minimum atomic E-state index is -3.95. The SMILES string of the molecule is CS(=O)(=O)CS(=O)(=O)Nc1ccc2c(c1)OCCO2.